The molecular formula is C22H25NO5. The van der Waals surface area contributed by atoms with Crippen LogP contribution < -0.4 is 4.74 Å². The number of para-hydroxylation sites is 1. The average Bonchev–Trinajstić information content (AvgIpc) is 2.70. The van der Waals surface area contributed by atoms with Crippen LogP contribution in [0.5, 0.6) is 5.75 Å². The number of rotatable bonds is 9. The van der Waals surface area contributed by atoms with Crippen molar-refractivity contribution in [3.63, 3.8) is 0 Å². The number of ketones is 1. The van der Waals surface area contributed by atoms with Gasteiger partial charge in [-0.2, -0.15) is 0 Å². The zero-order chi connectivity index (χ0) is 20.5. The molecule has 0 atom stereocenters. The molecule has 0 fully saturated rings. The lowest BCUT2D eigenvalue weighted by atomic mass is 9.98. The van der Waals surface area contributed by atoms with Crippen LogP contribution in [0.15, 0.2) is 48.5 Å². The molecule has 6 nitrogen and oxygen atoms in total. The minimum Gasteiger partial charge on any atom is -0.461 e. The molecule has 0 N–H and O–H groups in total. The fourth-order valence-corrected chi connectivity index (χ4v) is 2.79. The first-order valence-corrected chi connectivity index (χ1v) is 9.28. The fraction of sp³-hybridized carbons (Fsp3) is 0.318. The molecule has 148 valence electrons. The van der Waals surface area contributed by atoms with E-state index in [0.29, 0.717) is 6.54 Å². The van der Waals surface area contributed by atoms with E-state index < -0.39 is 17.7 Å². The number of hydrogen-bond donors (Lipinski definition) is 0. The van der Waals surface area contributed by atoms with Crippen LogP contribution in [0.1, 0.15) is 47.1 Å². The molecule has 0 amide bonds. The van der Waals surface area contributed by atoms with Crippen LogP contribution in [0.4, 0.5) is 0 Å². The summed E-state index contributed by atoms with van der Waals surface area (Å²) < 4.78 is 10.5. The molecule has 0 spiro atoms. The lowest BCUT2D eigenvalue weighted by molar-refractivity contribution is -0.131. The molecule has 0 saturated carbocycles. The molecular weight excluding hydrogens is 358 g/mol. The van der Waals surface area contributed by atoms with Crippen LogP contribution in [-0.2, 0) is 9.53 Å². The van der Waals surface area contributed by atoms with E-state index in [2.05, 4.69) is 4.90 Å². The Morgan fingerprint density at radius 2 is 1.43 bits per heavy atom. The van der Waals surface area contributed by atoms with E-state index >= 15 is 0 Å². The van der Waals surface area contributed by atoms with Crippen LogP contribution in [0.3, 0.4) is 0 Å². The highest BCUT2D eigenvalue weighted by molar-refractivity contribution is 6.15. The van der Waals surface area contributed by atoms with Crippen LogP contribution >= 0.6 is 0 Å². The van der Waals surface area contributed by atoms with E-state index in [4.69, 9.17) is 9.47 Å². The molecule has 0 saturated heterocycles. The number of ether oxygens (including phenoxy) is 2. The number of hydrogen-bond acceptors (Lipinski definition) is 6. The van der Waals surface area contributed by atoms with Gasteiger partial charge < -0.3 is 14.4 Å². The van der Waals surface area contributed by atoms with E-state index in [9.17, 15) is 14.4 Å². The van der Waals surface area contributed by atoms with Crippen molar-refractivity contribution < 1.29 is 23.9 Å². The Bertz CT molecular complexity index is 842. The number of carbonyl (C=O) groups is 3. The third kappa shape index (κ3) is 5.50. The summed E-state index contributed by atoms with van der Waals surface area (Å²) in [5.41, 5.74) is 0.598. The maximum Gasteiger partial charge on any atom is 0.338 e. The summed E-state index contributed by atoms with van der Waals surface area (Å²) in [5.74, 6) is -1.33. The predicted octanol–water partition coefficient (Wildman–Crippen LogP) is 3.34. The van der Waals surface area contributed by atoms with Gasteiger partial charge in [0.15, 0.2) is 5.78 Å². The molecule has 6 heteroatoms. The highest BCUT2D eigenvalue weighted by atomic mass is 16.5. The van der Waals surface area contributed by atoms with E-state index in [1.807, 2.05) is 13.8 Å². The lowest BCUT2D eigenvalue weighted by Gasteiger charge is -2.17. The molecule has 0 heterocycles. The molecule has 0 aromatic heterocycles. The first-order chi connectivity index (χ1) is 13.5. The van der Waals surface area contributed by atoms with Gasteiger partial charge in [-0.3, -0.25) is 9.59 Å². The Hall–Kier alpha value is -2.99. The topological polar surface area (TPSA) is 72.9 Å². The molecule has 0 unspecified atom stereocenters. The summed E-state index contributed by atoms with van der Waals surface area (Å²) in [5, 5.41) is 0. The van der Waals surface area contributed by atoms with Gasteiger partial charge in [0.2, 0.25) is 0 Å². The van der Waals surface area contributed by atoms with Crippen molar-refractivity contribution in [1.82, 2.24) is 4.90 Å². The first-order valence-electron chi connectivity index (χ1n) is 9.28. The number of esters is 2. The smallest absolute Gasteiger partial charge is 0.338 e. The van der Waals surface area contributed by atoms with Gasteiger partial charge in [-0.1, -0.05) is 44.2 Å². The van der Waals surface area contributed by atoms with Gasteiger partial charge in [0.05, 0.1) is 11.1 Å². The van der Waals surface area contributed by atoms with Gasteiger partial charge in [-0.25, -0.2) is 4.79 Å². The Morgan fingerprint density at radius 3 is 2.04 bits per heavy atom. The number of benzene rings is 2. The van der Waals surface area contributed by atoms with Crippen molar-refractivity contribution >= 4 is 17.7 Å². The molecule has 2 aromatic carbocycles. The van der Waals surface area contributed by atoms with Crippen LogP contribution in [0, 0.1) is 0 Å². The average molecular weight is 383 g/mol. The quantitative estimate of drug-likeness (QED) is 0.376. The summed E-state index contributed by atoms with van der Waals surface area (Å²) in [6, 6.07) is 12.9. The van der Waals surface area contributed by atoms with E-state index in [-0.39, 0.29) is 29.0 Å². The summed E-state index contributed by atoms with van der Waals surface area (Å²) in [4.78, 5) is 39.0. The fourth-order valence-electron chi connectivity index (χ4n) is 2.79. The normalized spacial score (nSPS) is 10.6. The number of nitrogens with zero attached hydrogens (tertiary/aromatic N) is 1. The molecule has 0 aliphatic rings. The Morgan fingerprint density at radius 1 is 0.857 bits per heavy atom. The van der Waals surface area contributed by atoms with Gasteiger partial charge in [-0.05, 0) is 31.3 Å². The maximum atomic E-state index is 13.0. The van der Waals surface area contributed by atoms with Gasteiger partial charge in [0.25, 0.3) is 0 Å². The van der Waals surface area contributed by atoms with Crippen LogP contribution in [-0.4, -0.2) is 48.9 Å². The van der Waals surface area contributed by atoms with Crippen molar-refractivity contribution in [3.8, 4) is 5.75 Å². The van der Waals surface area contributed by atoms with Crippen LogP contribution in [0.2, 0.25) is 0 Å². The summed E-state index contributed by atoms with van der Waals surface area (Å²) >= 11 is 0. The number of carbonyl (C=O) groups excluding carboxylic acids is 3. The maximum absolute atomic E-state index is 13.0. The third-order valence-electron chi connectivity index (χ3n) is 4.31. The molecule has 2 rings (SSSR count). The lowest BCUT2D eigenvalue weighted by Crippen LogP contribution is -2.28. The second-order valence-corrected chi connectivity index (χ2v) is 6.13. The second-order valence-electron chi connectivity index (χ2n) is 6.13. The van der Waals surface area contributed by atoms with Gasteiger partial charge in [0, 0.05) is 19.0 Å². The highest BCUT2D eigenvalue weighted by Gasteiger charge is 2.22. The molecule has 0 aliphatic carbocycles. The summed E-state index contributed by atoms with van der Waals surface area (Å²) in [6.07, 6.45) is 0. The summed E-state index contributed by atoms with van der Waals surface area (Å²) in [7, 11) is 0. The Kier molecular flexibility index (Phi) is 7.89. The SMILES string of the molecule is CCN(CC)CCOC(=O)c1ccccc1C(=O)c1ccccc1OC(C)=O. The van der Waals surface area contributed by atoms with E-state index in [1.54, 1.807) is 48.5 Å². The third-order valence-corrected chi connectivity index (χ3v) is 4.31. The predicted molar refractivity (Wildman–Crippen MR) is 106 cm³/mol. The molecule has 28 heavy (non-hydrogen) atoms. The minimum atomic E-state index is -0.555. The zero-order valence-corrected chi connectivity index (χ0v) is 16.4. The molecule has 0 radical (unpaired) electrons. The van der Waals surface area contributed by atoms with Gasteiger partial charge in [0.1, 0.15) is 12.4 Å². The zero-order valence-electron chi connectivity index (χ0n) is 16.4. The minimum absolute atomic E-state index is 0.157. The largest absolute Gasteiger partial charge is 0.461 e. The van der Waals surface area contributed by atoms with Crippen molar-refractivity contribution in [2.24, 2.45) is 0 Å². The Balaban J connectivity index is 2.23. The van der Waals surface area contributed by atoms with Crippen LogP contribution in [0.25, 0.3) is 0 Å². The molecule has 0 bridgehead atoms. The Labute approximate surface area is 165 Å². The number of likely N-dealkylation sites (N-methyl/N-ethyl adjacent to an activating group) is 1. The second kappa shape index (κ2) is 10.4. The monoisotopic (exact) mass is 383 g/mol. The summed E-state index contributed by atoms with van der Waals surface area (Å²) in [6.45, 7) is 7.96. The molecule has 2 aromatic rings. The standard InChI is InChI=1S/C22H25NO5/c1-4-23(5-2)14-15-27-22(26)18-11-7-6-10-17(18)21(25)19-12-8-9-13-20(19)28-16(3)24/h6-13H,4-5,14-15H2,1-3H3. The first kappa shape index (κ1) is 21.3. The van der Waals surface area contributed by atoms with Crippen molar-refractivity contribution in [2.75, 3.05) is 26.2 Å². The van der Waals surface area contributed by atoms with Gasteiger partial charge in [-0.15, -0.1) is 0 Å². The van der Waals surface area contributed by atoms with E-state index in [0.717, 1.165) is 13.1 Å². The van der Waals surface area contributed by atoms with Gasteiger partial charge >= 0.3 is 11.9 Å². The van der Waals surface area contributed by atoms with Crippen molar-refractivity contribution in [3.05, 3.63) is 65.2 Å². The van der Waals surface area contributed by atoms with Crippen molar-refractivity contribution in [2.45, 2.75) is 20.8 Å². The van der Waals surface area contributed by atoms with E-state index in [1.165, 1.54) is 6.92 Å². The van der Waals surface area contributed by atoms with Crippen molar-refractivity contribution in [1.29, 1.82) is 0 Å². The molecule has 0 aliphatic heterocycles. The highest BCUT2D eigenvalue weighted by Crippen LogP contribution is 2.24.